The lowest BCUT2D eigenvalue weighted by atomic mass is 10.2. The third-order valence-electron chi connectivity index (χ3n) is 1.23. The van der Waals surface area contributed by atoms with E-state index >= 15 is 0 Å². The molecular weight excluding hydrogens is 167 g/mol. The minimum Gasteiger partial charge on any atom is -0.380 e. The molecule has 1 nitrogen and oxygen atoms in total. The molecule has 60 valence electrons. The van der Waals surface area contributed by atoms with Gasteiger partial charge in [-0.15, -0.1) is 0 Å². The van der Waals surface area contributed by atoms with Gasteiger partial charge in [-0.05, 0) is 23.8 Å². The zero-order valence-electron chi connectivity index (χ0n) is 6.10. The predicted octanol–water partition coefficient (Wildman–Crippen LogP) is 2.63. The van der Waals surface area contributed by atoms with Crippen molar-refractivity contribution >= 4 is 11.6 Å². The molecule has 0 saturated heterocycles. The molecule has 0 unspecified atom stereocenters. The Kier molecular flexibility index (Phi) is 2.85. The van der Waals surface area contributed by atoms with Crippen LogP contribution in [0.2, 0.25) is 5.02 Å². The van der Waals surface area contributed by atoms with Crippen molar-refractivity contribution in [2.45, 2.75) is 6.61 Å². The van der Waals surface area contributed by atoms with Crippen LogP contribution < -0.4 is 0 Å². The van der Waals surface area contributed by atoms with Crippen molar-refractivity contribution in [1.29, 1.82) is 0 Å². The Balaban J connectivity index is 2.89. The highest BCUT2D eigenvalue weighted by Crippen LogP contribution is 2.14. The van der Waals surface area contributed by atoms with Crippen molar-refractivity contribution in [2.75, 3.05) is 7.11 Å². The average Bonchev–Trinajstić information content (AvgIpc) is 1.85. The lowest BCUT2D eigenvalue weighted by Crippen LogP contribution is -1.88. The first-order chi connectivity index (χ1) is 5.22. The molecule has 0 saturated carbocycles. The van der Waals surface area contributed by atoms with E-state index in [1.54, 1.807) is 13.2 Å². The molecule has 0 aliphatic rings. The van der Waals surface area contributed by atoms with Crippen molar-refractivity contribution in [3.63, 3.8) is 0 Å². The fourth-order valence-corrected chi connectivity index (χ4v) is 1.11. The largest absolute Gasteiger partial charge is 0.380 e. The number of methoxy groups -OCH3 is 1. The third kappa shape index (κ3) is 2.48. The number of hydrogen-bond acceptors (Lipinski definition) is 1. The summed E-state index contributed by atoms with van der Waals surface area (Å²) in [6.45, 7) is 0.386. The van der Waals surface area contributed by atoms with Gasteiger partial charge in [0.05, 0.1) is 6.61 Å². The van der Waals surface area contributed by atoms with Gasteiger partial charge in [-0.1, -0.05) is 11.6 Å². The Morgan fingerprint density at radius 1 is 1.45 bits per heavy atom. The van der Waals surface area contributed by atoms with Crippen molar-refractivity contribution in [1.82, 2.24) is 0 Å². The SMILES string of the molecule is COCc1cc(F)cc(Cl)c1. The number of hydrogen-bond donors (Lipinski definition) is 0. The molecule has 11 heavy (non-hydrogen) atoms. The van der Waals surface area contributed by atoms with Crippen LogP contribution in [0.5, 0.6) is 0 Å². The average molecular weight is 175 g/mol. The first kappa shape index (κ1) is 8.50. The minimum atomic E-state index is -0.329. The maximum atomic E-state index is 12.6. The van der Waals surface area contributed by atoms with Crippen LogP contribution in [0.1, 0.15) is 5.56 Å². The second-order valence-electron chi connectivity index (χ2n) is 2.21. The molecule has 1 aromatic carbocycles. The van der Waals surface area contributed by atoms with Crippen LogP contribution in [0.3, 0.4) is 0 Å². The van der Waals surface area contributed by atoms with E-state index in [-0.39, 0.29) is 5.82 Å². The summed E-state index contributed by atoms with van der Waals surface area (Å²) in [6.07, 6.45) is 0. The molecule has 0 radical (unpaired) electrons. The van der Waals surface area contributed by atoms with Crippen LogP contribution in [-0.2, 0) is 11.3 Å². The van der Waals surface area contributed by atoms with Gasteiger partial charge in [-0.3, -0.25) is 0 Å². The summed E-state index contributed by atoms with van der Waals surface area (Å²) in [6, 6.07) is 4.34. The fraction of sp³-hybridized carbons (Fsp3) is 0.250. The van der Waals surface area contributed by atoms with E-state index in [4.69, 9.17) is 16.3 Å². The predicted molar refractivity (Wildman–Crippen MR) is 42.1 cm³/mol. The first-order valence-electron chi connectivity index (χ1n) is 3.16. The monoisotopic (exact) mass is 174 g/mol. The molecule has 0 aromatic heterocycles. The molecule has 0 spiro atoms. The second kappa shape index (κ2) is 3.69. The second-order valence-corrected chi connectivity index (χ2v) is 2.65. The van der Waals surface area contributed by atoms with Crippen LogP contribution in [0.15, 0.2) is 18.2 Å². The van der Waals surface area contributed by atoms with Gasteiger partial charge in [0.15, 0.2) is 0 Å². The molecule has 0 atom stereocenters. The molecule has 0 aliphatic carbocycles. The molecule has 0 N–H and O–H groups in total. The van der Waals surface area contributed by atoms with Crippen LogP contribution in [0.25, 0.3) is 0 Å². The number of benzene rings is 1. The molecule has 1 aromatic rings. The molecule has 0 amide bonds. The highest BCUT2D eigenvalue weighted by atomic mass is 35.5. The number of ether oxygens (including phenoxy) is 1. The van der Waals surface area contributed by atoms with Crippen molar-refractivity contribution < 1.29 is 9.13 Å². The van der Waals surface area contributed by atoms with Crippen molar-refractivity contribution in [3.8, 4) is 0 Å². The zero-order valence-corrected chi connectivity index (χ0v) is 6.86. The topological polar surface area (TPSA) is 9.23 Å². The Morgan fingerprint density at radius 3 is 2.73 bits per heavy atom. The Bertz CT molecular complexity index is 230. The van der Waals surface area contributed by atoms with E-state index in [2.05, 4.69) is 0 Å². The molecule has 1 rings (SSSR count). The highest BCUT2D eigenvalue weighted by Gasteiger charge is 1.97. The number of rotatable bonds is 2. The van der Waals surface area contributed by atoms with Crippen molar-refractivity contribution in [2.24, 2.45) is 0 Å². The molecule has 0 fully saturated rings. The van der Waals surface area contributed by atoms with Gasteiger partial charge < -0.3 is 4.74 Å². The highest BCUT2D eigenvalue weighted by molar-refractivity contribution is 6.30. The Morgan fingerprint density at radius 2 is 2.18 bits per heavy atom. The smallest absolute Gasteiger partial charge is 0.125 e. The van der Waals surface area contributed by atoms with Gasteiger partial charge >= 0.3 is 0 Å². The van der Waals surface area contributed by atoms with Gasteiger partial charge in [0, 0.05) is 12.1 Å². The normalized spacial score (nSPS) is 10.1. The van der Waals surface area contributed by atoms with Gasteiger partial charge in [0.2, 0.25) is 0 Å². The summed E-state index contributed by atoms with van der Waals surface area (Å²) in [7, 11) is 1.55. The molecular formula is C8H8ClFO. The third-order valence-corrected chi connectivity index (χ3v) is 1.45. The van der Waals surface area contributed by atoms with Crippen LogP contribution in [0.4, 0.5) is 4.39 Å². The molecule has 0 heterocycles. The summed E-state index contributed by atoms with van der Waals surface area (Å²) in [5.74, 6) is -0.329. The molecule has 3 heteroatoms. The summed E-state index contributed by atoms with van der Waals surface area (Å²) >= 11 is 5.59. The van der Waals surface area contributed by atoms with Crippen LogP contribution in [0, 0.1) is 5.82 Å². The first-order valence-corrected chi connectivity index (χ1v) is 3.54. The summed E-state index contributed by atoms with van der Waals surface area (Å²) in [5, 5.41) is 0.400. The van der Waals surface area contributed by atoms with Crippen LogP contribution in [-0.4, -0.2) is 7.11 Å². The van der Waals surface area contributed by atoms with E-state index in [0.29, 0.717) is 11.6 Å². The van der Waals surface area contributed by atoms with E-state index in [1.165, 1.54) is 12.1 Å². The number of halogens is 2. The lowest BCUT2D eigenvalue weighted by molar-refractivity contribution is 0.184. The van der Waals surface area contributed by atoms with Gasteiger partial charge in [0.25, 0.3) is 0 Å². The Labute approximate surface area is 69.7 Å². The van der Waals surface area contributed by atoms with Gasteiger partial charge in [0.1, 0.15) is 5.82 Å². The standard InChI is InChI=1S/C8H8ClFO/c1-11-5-6-2-7(9)4-8(10)3-6/h2-4H,5H2,1H3. The maximum Gasteiger partial charge on any atom is 0.125 e. The maximum absolute atomic E-state index is 12.6. The molecule has 0 bridgehead atoms. The minimum absolute atomic E-state index is 0.329. The van der Waals surface area contributed by atoms with E-state index in [0.717, 1.165) is 5.56 Å². The van der Waals surface area contributed by atoms with E-state index in [1.807, 2.05) is 0 Å². The van der Waals surface area contributed by atoms with Gasteiger partial charge in [-0.25, -0.2) is 4.39 Å². The van der Waals surface area contributed by atoms with E-state index < -0.39 is 0 Å². The van der Waals surface area contributed by atoms with Gasteiger partial charge in [-0.2, -0.15) is 0 Å². The zero-order chi connectivity index (χ0) is 8.27. The quantitative estimate of drug-likeness (QED) is 0.670. The lowest BCUT2D eigenvalue weighted by Gasteiger charge is -1.99. The van der Waals surface area contributed by atoms with E-state index in [9.17, 15) is 4.39 Å². The van der Waals surface area contributed by atoms with Crippen molar-refractivity contribution in [3.05, 3.63) is 34.6 Å². The van der Waals surface area contributed by atoms with Crippen LogP contribution >= 0.6 is 11.6 Å². The fourth-order valence-electron chi connectivity index (χ4n) is 0.861. The summed E-state index contributed by atoms with van der Waals surface area (Å²) < 4.78 is 17.4. The molecule has 0 aliphatic heterocycles. The summed E-state index contributed by atoms with van der Waals surface area (Å²) in [5.41, 5.74) is 0.748. The Hall–Kier alpha value is -0.600. The summed E-state index contributed by atoms with van der Waals surface area (Å²) in [4.78, 5) is 0.